The van der Waals surface area contributed by atoms with Gasteiger partial charge in [-0.25, -0.2) is 13.2 Å². The van der Waals surface area contributed by atoms with Crippen molar-refractivity contribution in [1.82, 2.24) is 0 Å². The first kappa shape index (κ1) is 10.2. The van der Waals surface area contributed by atoms with Crippen molar-refractivity contribution in [3.63, 3.8) is 0 Å². The monoisotopic (exact) mass is 224 g/mol. The molecular weight excluding hydrogens is 223 g/mol. The summed E-state index contributed by atoms with van der Waals surface area (Å²) in [5, 5.41) is 3.70. The molecule has 0 unspecified atom stereocenters. The van der Waals surface area contributed by atoms with Crippen LogP contribution in [0.1, 0.15) is 0 Å². The van der Waals surface area contributed by atoms with Crippen LogP contribution < -0.4 is 4.65 Å². The second-order valence-corrected chi connectivity index (χ2v) is 2.46. The number of hydrogen-bond donors (Lipinski definition) is 0. The number of benzene rings is 1. The van der Waals surface area contributed by atoms with Gasteiger partial charge in [-0.1, -0.05) is 5.04 Å². The summed E-state index contributed by atoms with van der Waals surface area (Å²) in [6.45, 7) is 0. The molecule has 1 aromatic carbocycles. The van der Waals surface area contributed by atoms with Crippen LogP contribution in [0.25, 0.3) is 0 Å². The number of rotatable bonds is 2. The maximum absolute atomic E-state index is 12.9. The van der Waals surface area contributed by atoms with Crippen molar-refractivity contribution in [3.8, 4) is 5.75 Å². The molecule has 1 heterocycles. The topological polar surface area (TPSA) is 36.9 Å². The molecule has 0 N–H and O–H groups in total. The molecule has 1 aliphatic heterocycles. The highest BCUT2D eigenvalue weighted by molar-refractivity contribution is 6.38. The molecule has 0 saturated carbocycles. The van der Waals surface area contributed by atoms with Gasteiger partial charge in [-0.2, -0.15) is 14.0 Å². The van der Waals surface area contributed by atoms with E-state index < -0.39 is 36.3 Å². The van der Waals surface area contributed by atoms with Crippen molar-refractivity contribution in [2.45, 2.75) is 0 Å². The average Bonchev–Trinajstić information content (AvgIpc) is 2.11. The van der Waals surface area contributed by atoms with Gasteiger partial charge in [-0.05, 0) is 0 Å². The minimum atomic E-state index is -1.85. The molecular formula is C6HBF4O4. The number of halogens is 4. The summed E-state index contributed by atoms with van der Waals surface area (Å²) in [4.78, 5) is 8.04. The molecule has 80 valence electrons. The fraction of sp³-hybridized carbons (Fsp3) is 0. The standard InChI is InChI=1S/C6HBF4O4/c8-2-1-3(9)6(5(11)4(2)10)12-7-13-15-14-7/h1H. The van der Waals surface area contributed by atoms with Gasteiger partial charge in [-0.15, -0.1) is 0 Å². The van der Waals surface area contributed by atoms with Crippen LogP contribution >= 0.6 is 0 Å². The Hall–Kier alpha value is -1.32. The van der Waals surface area contributed by atoms with Crippen LogP contribution in [0.3, 0.4) is 0 Å². The Balaban J connectivity index is 2.32. The quantitative estimate of drug-likeness (QED) is 0.251. The van der Waals surface area contributed by atoms with Gasteiger partial charge in [0.25, 0.3) is 0 Å². The summed E-state index contributed by atoms with van der Waals surface area (Å²) < 4.78 is 55.2. The Kier molecular flexibility index (Phi) is 2.51. The molecule has 4 nitrogen and oxygen atoms in total. The van der Waals surface area contributed by atoms with Crippen LogP contribution in [0.2, 0.25) is 0 Å². The van der Waals surface area contributed by atoms with Crippen LogP contribution in [-0.4, -0.2) is 7.32 Å². The van der Waals surface area contributed by atoms with Crippen molar-refractivity contribution in [1.29, 1.82) is 0 Å². The molecule has 2 rings (SSSR count). The summed E-state index contributed by atoms with van der Waals surface area (Å²) in [6.07, 6.45) is 0. The fourth-order valence-corrected chi connectivity index (χ4v) is 0.864. The van der Waals surface area contributed by atoms with Gasteiger partial charge in [-0.3, -0.25) is 0 Å². The summed E-state index contributed by atoms with van der Waals surface area (Å²) in [5.74, 6) is -7.91. The van der Waals surface area contributed by atoms with E-state index in [9.17, 15) is 17.6 Å². The zero-order valence-corrected chi connectivity index (χ0v) is 6.80. The van der Waals surface area contributed by atoms with Crippen molar-refractivity contribution in [3.05, 3.63) is 29.3 Å². The Bertz CT molecular complexity index is 397. The van der Waals surface area contributed by atoms with Crippen LogP contribution in [0.5, 0.6) is 5.75 Å². The van der Waals surface area contributed by atoms with E-state index in [-0.39, 0.29) is 6.07 Å². The first-order valence-electron chi connectivity index (χ1n) is 3.58. The van der Waals surface area contributed by atoms with Crippen LogP contribution in [0.15, 0.2) is 6.07 Å². The van der Waals surface area contributed by atoms with Crippen molar-refractivity contribution >= 4 is 7.32 Å². The van der Waals surface area contributed by atoms with Crippen LogP contribution in [0.4, 0.5) is 17.6 Å². The maximum Gasteiger partial charge on any atom is 0.775 e. The van der Waals surface area contributed by atoms with E-state index >= 15 is 0 Å². The molecule has 1 aromatic rings. The minimum absolute atomic E-state index is 0.132. The highest BCUT2D eigenvalue weighted by Gasteiger charge is 2.40. The van der Waals surface area contributed by atoms with E-state index in [1.165, 1.54) is 0 Å². The van der Waals surface area contributed by atoms with E-state index in [1.54, 1.807) is 0 Å². The van der Waals surface area contributed by atoms with Gasteiger partial charge < -0.3 is 4.65 Å². The molecule has 9 heteroatoms. The average molecular weight is 224 g/mol. The molecule has 1 aliphatic rings. The first-order valence-corrected chi connectivity index (χ1v) is 3.58. The van der Waals surface area contributed by atoms with E-state index in [1.807, 2.05) is 0 Å². The van der Waals surface area contributed by atoms with Crippen molar-refractivity contribution < 1.29 is 36.9 Å². The highest BCUT2D eigenvalue weighted by atomic mass is 19.2. The Labute approximate surface area is 80.3 Å². The zero-order chi connectivity index (χ0) is 11.0. The maximum atomic E-state index is 12.9. The van der Waals surface area contributed by atoms with Gasteiger partial charge in [0.1, 0.15) is 0 Å². The Morgan fingerprint density at radius 3 is 2.20 bits per heavy atom. The smallest absolute Gasteiger partial charge is 0.504 e. The van der Waals surface area contributed by atoms with Crippen molar-refractivity contribution in [2.75, 3.05) is 0 Å². The van der Waals surface area contributed by atoms with Gasteiger partial charge in [0, 0.05) is 6.07 Å². The summed E-state index contributed by atoms with van der Waals surface area (Å²) in [6, 6.07) is 0.132. The van der Waals surface area contributed by atoms with Gasteiger partial charge >= 0.3 is 7.32 Å². The highest BCUT2D eigenvalue weighted by Crippen LogP contribution is 2.27. The summed E-state index contributed by atoms with van der Waals surface area (Å²) >= 11 is 0. The van der Waals surface area contributed by atoms with E-state index in [4.69, 9.17) is 0 Å². The zero-order valence-electron chi connectivity index (χ0n) is 6.80. The lowest BCUT2D eigenvalue weighted by atomic mass is 10.2. The predicted molar refractivity (Wildman–Crippen MR) is 35.9 cm³/mol. The minimum Gasteiger partial charge on any atom is -0.504 e. The van der Waals surface area contributed by atoms with Gasteiger partial charge in [0.05, 0.1) is 0 Å². The van der Waals surface area contributed by atoms with Crippen LogP contribution in [0, 0.1) is 23.3 Å². The molecule has 0 radical (unpaired) electrons. The lowest BCUT2D eigenvalue weighted by molar-refractivity contribution is -0.519. The third-order valence-electron chi connectivity index (χ3n) is 1.52. The predicted octanol–water partition coefficient (Wildman–Crippen LogP) is 1.50. The Morgan fingerprint density at radius 1 is 1.00 bits per heavy atom. The lowest BCUT2D eigenvalue weighted by Crippen LogP contribution is -2.40. The summed E-state index contributed by atoms with van der Waals surface area (Å²) in [7, 11) is -1.51. The molecule has 1 fully saturated rings. The SMILES string of the molecule is Fc1cc(F)c(OB2OOO2)c(F)c1F. The Morgan fingerprint density at radius 2 is 1.67 bits per heavy atom. The van der Waals surface area contributed by atoms with E-state index in [0.29, 0.717) is 0 Å². The second-order valence-electron chi connectivity index (χ2n) is 2.46. The molecule has 0 aromatic heterocycles. The first-order chi connectivity index (χ1) is 7.09. The molecule has 15 heavy (non-hydrogen) atoms. The molecule has 0 aliphatic carbocycles. The summed E-state index contributed by atoms with van der Waals surface area (Å²) in [5.41, 5.74) is 0. The molecule has 0 amide bonds. The van der Waals surface area contributed by atoms with Crippen molar-refractivity contribution in [2.24, 2.45) is 0 Å². The number of hydrogen-bond acceptors (Lipinski definition) is 4. The third-order valence-corrected chi connectivity index (χ3v) is 1.52. The van der Waals surface area contributed by atoms with Gasteiger partial charge in [0.15, 0.2) is 23.2 Å². The third kappa shape index (κ3) is 1.76. The largest absolute Gasteiger partial charge is 0.775 e. The normalized spacial score (nSPS) is 15.1. The molecule has 0 spiro atoms. The van der Waals surface area contributed by atoms with E-state index in [2.05, 4.69) is 19.3 Å². The van der Waals surface area contributed by atoms with Gasteiger partial charge in [0.2, 0.25) is 5.82 Å². The second kappa shape index (κ2) is 3.68. The fourth-order valence-electron chi connectivity index (χ4n) is 0.864. The van der Waals surface area contributed by atoms with E-state index in [0.717, 1.165) is 0 Å². The molecule has 0 atom stereocenters. The molecule has 0 bridgehead atoms. The molecule has 1 saturated heterocycles. The van der Waals surface area contributed by atoms with Crippen LogP contribution in [-0.2, 0) is 14.6 Å². The lowest BCUT2D eigenvalue weighted by Gasteiger charge is -2.18.